The minimum Gasteiger partial charge on any atom is -0.491 e. The predicted octanol–water partition coefficient (Wildman–Crippen LogP) is 4.53. The van der Waals surface area contributed by atoms with Crippen LogP contribution in [0.25, 0.3) is 0 Å². The summed E-state index contributed by atoms with van der Waals surface area (Å²) in [5.74, 6) is 0.783. The van der Waals surface area contributed by atoms with Gasteiger partial charge in [-0.25, -0.2) is 0 Å². The van der Waals surface area contributed by atoms with E-state index in [2.05, 4.69) is 55.3 Å². The topological polar surface area (TPSA) is 38.5 Å². The first-order valence-electron chi connectivity index (χ1n) is 7.43. The van der Waals surface area contributed by atoms with Crippen LogP contribution in [0.3, 0.4) is 0 Å². The molecule has 1 heterocycles. The first kappa shape index (κ1) is 15.7. The molecule has 0 radical (unpaired) electrons. The van der Waals surface area contributed by atoms with Crippen molar-refractivity contribution in [2.45, 2.75) is 39.8 Å². The van der Waals surface area contributed by atoms with Crippen LogP contribution in [0, 0.1) is 0 Å². The van der Waals surface area contributed by atoms with Crippen LogP contribution in [0.5, 0.6) is 5.75 Å². The molecule has 2 N–H and O–H groups in total. The highest BCUT2D eigenvalue weighted by Gasteiger charge is 2.14. The molecule has 2 rings (SSSR count). The highest BCUT2D eigenvalue weighted by atomic mass is 32.1. The maximum absolute atomic E-state index is 6.00. The van der Waals surface area contributed by atoms with Gasteiger partial charge < -0.3 is 15.4 Å². The molecule has 2 aromatic rings. The number of nitrogens with two attached hydrogens (primary N) is 1. The van der Waals surface area contributed by atoms with Crippen molar-refractivity contribution < 1.29 is 4.74 Å². The summed E-state index contributed by atoms with van der Waals surface area (Å²) in [6, 6.07) is 10.7. The molecular weight excluding hydrogens is 280 g/mol. The summed E-state index contributed by atoms with van der Waals surface area (Å²) in [5, 5.41) is 2.12. The van der Waals surface area contributed by atoms with E-state index in [4.69, 9.17) is 10.5 Å². The van der Waals surface area contributed by atoms with E-state index in [1.54, 1.807) is 11.3 Å². The fourth-order valence-corrected chi connectivity index (χ4v) is 2.88. The van der Waals surface area contributed by atoms with E-state index in [1.807, 2.05) is 6.07 Å². The van der Waals surface area contributed by atoms with Gasteiger partial charge in [0.05, 0.1) is 18.8 Å². The minimum atomic E-state index is 0.412. The van der Waals surface area contributed by atoms with Gasteiger partial charge in [0.25, 0.3) is 0 Å². The first-order chi connectivity index (χ1) is 10.1. The lowest BCUT2D eigenvalue weighted by Gasteiger charge is -2.29. The lowest BCUT2D eigenvalue weighted by molar-refractivity contribution is 0.319. The number of nitrogen functional groups attached to an aromatic ring is 1. The Morgan fingerprint density at radius 2 is 2.10 bits per heavy atom. The normalized spacial score (nSPS) is 10.9. The Morgan fingerprint density at radius 3 is 2.71 bits per heavy atom. The zero-order chi connectivity index (χ0) is 15.2. The van der Waals surface area contributed by atoms with Crippen LogP contribution < -0.4 is 15.4 Å². The van der Waals surface area contributed by atoms with Crippen molar-refractivity contribution in [2.24, 2.45) is 0 Å². The predicted molar refractivity (Wildman–Crippen MR) is 92.3 cm³/mol. The summed E-state index contributed by atoms with van der Waals surface area (Å²) in [4.78, 5) is 3.72. The fraction of sp³-hybridized carbons (Fsp3) is 0.412. The van der Waals surface area contributed by atoms with Crippen molar-refractivity contribution >= 4 is 22.7 Å². The molecule has 0 saturated carbocycles. The van der Waals surface area contributed by atoms with E-state index in [9.17, 15) is 0 Å². The van der Waals surface area contributed by atoms with E-state index in [0.29, 0.717) is 18.3 Å². The lowest BCUT2D eigenvalue weighted by atomic mass is 10.2. The van der Waals surface area contributed by atoms with Crippen molar-refractivity contribution in [2.75, 3.05) is 17.2 Å². The van der Waals surface area contributed by atoms with Crippen LogP contribution in [-0.4, -0.2) is 12.6 Å². The third-order valence-corrected chi connectivity index (χ3v) is 4.18. The van der Waals surface area contributed by atoms with Gasteiger partial charge >= 0.3 is 0 Å². The molecule has 4 heteroatoms. The second-order valence-corrected chi connectivity index (χ2v) is 6.40. The molecule has 0 aliphatic carbocycles. The third-order valence-electron chi connectivity index (χ3n) is 3.32. The molecule has 3 nitrogen and oxygen atoms in total. The Balaban J connectivity index is 2.23. The number of nitrogens with zero attached hydrogens (tertiary/aromatic N) is 1. The van der Waals surface area contributed by atoms with E-state index >= 15 is 0 Å². The monoisotopic (exact) mass is 304 g/mol. The average molecular weight is 304 g/mol. The number of rotatable bonds is 7. The molecule has 114 valence electrons. The second-order valence-electron chi connectivity index (χ2n) is 5.37. The molecule has 1 aromatic carbocycles. The standard InChI is InChI=1S/C17H24N2OS/c1-4-9-20-17-11-14(7-8-16(17)18)19(13(2)3)12-15-6-5-10-21-15/h5-8,10-11,13H,4,9,12,18H2,1-3H3. The first-order valence-corrected chi connectivity index (χ1v) is 8.31. The van der Waals surface area contributed by atoms with Crippen LogP contribution in [0.2, 0.25) is 0 Å². The van der Waals surface area contributed by atoms with E-state index < -0.39 is 0 Å². The molecule has 0 fully saturated rings. The van der Waals surface area contributed by atoms with Crippen LogP contribution in [0.1, 0.15) is 32.1 Å². The Bertz CT molecular complexity index is 552. The molecule has 21 heavy (non-hydrogen) atoms. The fourth-order valence-electron chi connectivity index (χ4n) is 2.18. The Kier molecular flexibility index (Phi) is 5.51. The maximum Gasteiger partial charge on any atom is 0.144 e. The van der Waals surface area contributed by atoms with Gasteiger partial charge in [-0.05, 0) is 43.8 Å². The third kappa shape index (κ3) is 4.14. The van der Waals surface area contributed by atoms with E-state index in [1.165, 1.54) is 4.88 Å². The highest BCUT2D eigenvalue weighted by molar-refractivity contribution is 7.09. The highest BCUT2D eigenvalue weighted by Crippen LogP contribution is 2.30. The smallest absolute Gasteiger partial charge is 0.144 e. The van der Waals surface area contributed by atoms with Crippen molar-refractivity contribution in [3.05, 3.63) is 40.6 Å². The molecular formula is C17H24N2OS. The van der Waals surface area contributed by atoms with Gasteiger partial charge in [0.1, 0.15) is 5.75 Å². The van der Waals surface area contributed by atoms with Crippen molar-refractivity contribution in [3.63, 3.8) is 0 Å². The van der Waals surface area contributed by atoms with E-state index in [0.717, 1.165) is 24.4 Å². The average Bonchev–Trinajstić information content (AvgIpc) is 2.97. The van der Waals surface area contributed by atoms with Crippen LogP contribution in [0.4, 0.5) is 11.4 Å². The Morgan fingerprint density at radius 1 is 1.29 bits per heavy atom. The zero-order valence-corrected chi connectivity index (χ0v) is 13.8. The lowest BCUT2D eigenvalue weighted by Crippen LogP contribution is -2.29. The summed E-state index contributed by atoms with van der Waals surface area (Å²) in [5.41, 5.74) is 7.85. The molecule has 1 aromatic heterocycles. The number of benzene rings is 1. The van der Waals surface area contributed by atoms with Gasteiger partial charge in [0.2, 0.25) is 0 Å². The van der Waals surface area contributed by atoms with Gasteiger partial charge in [0, 0.05) is 22.7 Å². The Hall–Kier alpha value is -1.68. The van der Waals surface area contributed by atoms with Gasteiger partial charge in [0.15, 0.2) is 0 Å². The molecule has 0 saturated heterocycles. The van der Waals surface area contributed by atoms with Crippen molar-refractivity contribution in [3.8, 4) is 5.75 Å². The van der Waals surface area contributed by atoms with Crippen molar-refractivity contribution in [1.82, 2.24) is 0 Å². The summed E-state index contributed by atoms with van der Waals surface area (Å²) >= 11 is 1.79. The molecule has 0 unspecified atom stereocenters. The summed E-state index contributed by atoms with van der Waals surface area (Å²) in [6.45, 7) is 8.11. The number of ether oxygens (including phenoxy) is 1. The van der Waals surface area contributed by atoms with Crippen LogP contribution in [0.15, 0.2) is 35.7 Å². The number of thiophene rings is 1. The summed E-state index contributed by atoms with van der Waals surface area (Å²) < 4.78 is 5.74. The number of hydrogen-bond acceptors (Lipinski definition) is 4. The van der Waals surface area contributed by atoms with Gasteiger partial charge in [-0.2, -0.15) is 0 Å². The summed E-state index contributed by atoms with van der Waals surface area (Å²) in [7, 11) is 0. The Labute approximate surface area is 131 Å². The molecule has 0 spiro atoms. The molecule has 0 atom stereocenters. The zero-order valence-electron chi connectivity index (χ0n) is 13.0. The SMILES string of the molecule is CCCOc1cc(N(Cc2cccs2)C(C)C)ccc1N. The summed E-state index contributed by atoms with van der Waals surface area (Å²) in [6.07, 6.45) is 0.979. The van der Waals surface area contributed by atoms with Crippen molar-refractivity contribution in [1.29, 1.82) is 0 Å². The quantitative estimate of drug-likeness (QED) is 0.764. The molecule has 0 aliphatic heterocycles. The minimum absolute atomic E-state index is 0.412. The van der Waals surface area contributed by atoms with Gasteiger partial charge in [-0.15, -0.1) is 11.3 Å². The van der Waals surface area contributed by atoms with Crippen LogP contribution in [-0.2, 0) is 6.54 Å². The molecule has 0 bridgehead atoms. The second kappa shape index (κ2) is 7.36. The molecule has 0 amide bonds. The molecule has 0 aliphatic rings. The number of hydrogen-bond donors (Lipinski definition) is 1. The maximum atomic E-state index is 6.00. The largest absolute Gasteiger partial charge is 0.491 e. The van der Waals surface area contributed by atoms with Gasteiger partial charge in [-0.1, -0.05) is 13.0 Å². The van der Waals surface area contributed by atoms with E-state index in [-0.39, 0.29) is 0 Å². The number of anilines is 2. The van der Waals surface area contributed by atoms with Gasteiger partial charge in [-0.3, -0.25) is 0 Å². The van der Waals surface area contributed by atoms with Crippen LogP contribution >= 0.6 is 11.3 Å².